The van der Waals surface area contributed by atoms with Crippen molar-refractivity contribution in [3.8, 4) is 39.9 Å². The van der Waals surface area contributed by atoms with Crippen molar-refractivity contribution in [2.75, 3.05) is 39.8 Å². The van der Waals surface area contributed by atoms with Crippen LogP contribution in [-0.4, -0.2) is 84.2 Å². The molecular weight excluding hydrogens is 937 g/mol. The van der Waals surface area contributed by atoms with Gasteiger partial charge in [0.2, 0.25) is 12.6 Å². The van der Waals surface area contributed by atoms with E-state index in [9.17, 15) is 10.2 Å². The summed E-state index contributed by atoms with van der Waals surface area (Å²) in [6.07, 6.45) is 8.10. The van der Waals surface area contributed by atoms with Crippen LogP contribution < -0.4 is 18.9 Å². The number of hydrogen-bond acceptors (Lipinski definition) is 12. The van der Waals surface area contributed by atoms with Gasteiger partial charge < -0.3 is 48.2 Å². The van der Waals surface area contributed by atoms with Crippen molar-refractivity contribution in [3.63, 3.8) is 0 Å². The van der Waals surface area contributed by atoms with Gasteiger partial charge >= 0.3 is 6.09 Å². The van der Waals surface area contributed by atoms with Gasteiger partial charge in [-0.05, 0) is 129 Å². The smallest absolute Gasteiger partial charge is 0.410 e. The molecule has 5 aromatic rings. The minimum Gasteiger partial charge on any atom is -0.459 e. The number of unbranched alkanes of at least 4 members (excludes halogenated alkanes) is 2. The van der Waals surface area contributed by atoms with Gasteiger partial charge in [0.05, 0.1) is 31.5 Å². The number of nitrogens with zero attached hydrogens (tertiary/aromatic N) is 2. The van der Waals surface area contributed by atoms with Crippen LogP contribution in [0.15, 0.2) is 151 Å². The Morgan fingerprint density at radius 2 is 1.50 bits per heavy atom. The third kappa shape index (κ3) is 12.1. The molecule has 0 saturated heterocycles. The second-order valence-corrected chi connectivity index (χ2v) is 20.4. The number of aliphatic hydroxyl groups excluding tert-OH is 2. The summed E-state index contributed by atoms with van der Waals surface area (Å²) in [5, 5.41) is 25.2. The number of fused-ring (bicyclic) bond motifs is 3. The molecule has 0 spiro atoms. The summed E-state index contributed by atoms with van der Waals surface area (Å²) in [5.41, 5.74) is 5.87. The molecule has 9 rings (SSSR count). The third-order valence-electron chi connectivity index (χ3n) is 14.2. The molecule has 4 aliphatic rings. The second kappa shape index (κ2) is 24.1. The highest BCUT2D eigenvalue weighted by Gasteiger charge is 2.66. The number of carbonyl (C=O) groups excluding carboxylic acids is 1. The quantitative estimate of drug-likeness (QED) is 0.0366. The molecule has 5 aromatic carbocycles. The molecule has 0 radical (unpaired) electrons. The molecule has 1 saturated carbocycles. The summed E-state index contributed by atoms with van der Waals surface area (Å²) < 4.78 is 45.2. The van der Waals surface area contributed by atoms with Crippen LogP contribution in [0.4, 0.5) is 4.79 Å². The lowest BCUT2D eigenvalue weighted by Gasteiger charge is -2.60. The van der Waals surface area contributed by atoms with E-state index in [1.54, 1.807) is 11.0 Å². The van der Waals surface area contributed by atoms with Crippen LogP contribution in [0.1, 0.15) is 88.3 Å². The second-order valence-electron chi connectivity index (χ2n) is 20.4. The molecular formula is C61H70N2O11. The maximum absolute atomic E-state index is 15.2. The Bertz CT molecular complexity index is 2720. The minimum atomic E-state index is -1.53. The van der Waals surface area contributed by atoms with E-state index in [-0.39, 0.29) is 70.5 Å². The molecule has 2 N–H and O–H groups in total. The number of carbonyl (C=O) groups is 1. The fourth-order valence-corrected chi connectivity index (χ4v) is 11.0. The van der Waals surface area contributed by atoms with Gasteiger partial charge in [0, 0.05) is 37.7 Å². The van der Waals surface area contributed by atoms with Crippen molar-refractivity contribution in [1.29, 1.82) is 0 Å². The van der Waals surface area contributed by atoms with Gasteiger partial charge in [0.25, 0.3) is 0 Å². The molecule has 390 valence electrons. The third-order valence-corrected chi connectivity index (χ3v) is 14.2. The number of hydrogen-bond donors (Lipinski definition) is 2. The summed E-state index contributed by atoms with van der Waals surface area (Å²) in [7, 11) is 0. The summed E-state index contributed by atoms with van der Waals surface area (Å²) in [6, 6.07) is 39.0. The molecule has 74 heavy (non-hydrogen) atoms. The normalized spacial score (nSPS) is 21.9. The van der Waals surface area contributed by atoms with E-state index in [4.69, 9.17) is 43.2 Å². The van der Waals surface area contributed by atoms with Crippen LogP contribution in [0, 0.1) is 17.8 Å². The van der Waals surface area contributed by atoms with E-state index >= 15 is 4.79 Å². The van der Waals surface area contributed by atoms with E-state index in [1.807, 2.05) is 112 Å². The van der Waals surface area contributed by atoms with Crippen molar-refractivity contribution in [2.45, 2.75) is 102 Å². The number of amides is 1. The zero-order valence-electron chi connectivity index (χ0n) is 42.9. The maximum atomic E-state index is 15.2. The average molecular weight is 1010 g/mol. The lowest BCUT2D eigenvalue weighted by Crippen LogP contribution is -2.70. The topological polar surface area (TPSA) is 147 Å². The van der Waals surface area contributed by atoms with Gasteiger partial charge in [0.15, 0.2) is 11.5 Å². The van der Waals surface area contributed by atoms with Crippen molar-refractivity contribution in [1.82, 2.24) is 4.90 Å². The van der Waals surface area contributed by atoms with Gasteiger partial charge in [-0.1, -0.05) is 109 Å². The summed E-state index contributed by atoms with van der Waals surface area (Å²) in [5.74, 6) is 0.817. The number of aliphatic hydroxyl groups is 2. The Morgan fingerprint density at radius 1 is 0.797 bits per heavy atom. The van der Waals surface area contributed by atoms with Crippen molar-refractivity contribution < 1.29 is 53.0 Å². The Labute approximate surface area is 435 Å². The van der Waals surface area contributed by atoms with Gasteiger partial charge in [-0.15, -0.1) is 6.58 Å². The molecule has 13 heteroatoms. The zero-order chi connectivity index (χ0) is 51.5. The highest BCUT2D eigenvalue weighted by atomic mass is 16.7. The lowest BCUT2D eigenvalue weighted by atomic mass is 9.55. The Kier molecular flexibility index (Phi) is 17.0. The van der Waals surface area contributed by atoms with Gasteiger partial charge in [-0.25, -0.2) is 4.79 Å². The van der Waals surface area contributed by atoms with Crippen LogP contribution in [0.5, 0.6) is 28.7 Å². The van der Waals surface area contributed by atoms with Crippen LogP contribution in [0.25, 0.3) is 11.1 Å². The molecule has 0 bridgehead atoms. The fraction of sp³-hybridized carbons (Fsp3) is 0.410. The first-order chi connectivity index (χ1) is 36.1. The van der Waals surface area contributed by atoms with Crippen molar-refractivity contribution in [2.24, 2.45) is 22.9 Å². The number of ether oxygens (including phenoxy) is 7. The first-order valence-electron chi connectivity index (χ1n) is 26.1. The predicted molar refractivity (Wildman–Crippen MR) is 283 cm³/mol. The van der Waals surface area contributed by atoms with Crippen molar-refractivity contribution in [3.05, 3.63) is 162 Å². The minimum absolute atomic E-state index is 0.00307. The number of rotatable bonds is 23. The average Bonchev–Trinajstić information content (AvgIpc) is 3.91. The first-order valence-corrected chi connectivity index (χ1v) is 26.1. The molecule has 1 fully saturated rings. The zero-order valence-corrected chi connectivity index (χ0v) is 42.9. The molecule has 0 aromatic heterocycles. The van der Waals surface area contributed by atoms with E-state index < -0.39 is 29.4 Å². The standard InChI is InChI=1S/C61H70N2O11/c1-5-32-71-61-56(63(39-43-22-28-54-55(35-43)70-41-69-54)59(66)68-34-33-67-40-42-16-8-6-9-17-42)38-52(62-74-60(2,3)4)50-36-46(20-12-14-30-64)49(21-13-15-31-65)57(58(50)61)51-37-48(27-29-53(51)73-61)72-47-25-23-45(24-26-47)44-18-10-7-11-19-44/h5-11,16-19,22-29,35-37,46,49,56-58,64-65H,1,12-15,20-21,30-34,38-41H2,2-4H3/t46-,49+,56-,57+,58+,61+/m0/s1. The fourth-order valence-electron chi connectivity index (χ4n) is 11.0. The van der Waals surface area contributed by atoms with Crippen molar-refractivity contribution >= 4 is 11.8 Å². The predicted octanol–water partition coefficient (Wildman–Crippen LogP) is 12.2. The van der Waals surface area contributed by atoms with Crippen LogP contribution >= 0.6 is 0 Å². The molecule has 1 amide bonds. The van der Waals surface area contributed by atoms with E-state index in [2.05, 4.69) is 43.0 Å². The van der Waals surface area contributed by atoms with E-state index in [1.165, 1.54) is 0 Å². The Hall–Kier alpha value is -6.64. The Morgan fingerprint density at radius 3 is 2.24 bits per heavy atom. The van der Waals surface area contributed by atoms with Gasteiger partial charge in [0.1, 0.15) is 35.5 Å². The molecule has 2 heterocycles. The molecule has 0 unspecified atom stereocenters. The monoisotopic (exact) mass is 1010 g/mol. The van der Waals surface area contributed by atoms with Gasteiger partial charge in [-0.3, -0.25) is 4.90 Å². The SMILES string of the molecule is C=CCO[C@@]12Oc3ccc(Oc4ccc(-c5ccccc5)cc4)cc3[C@H]3[C@H](CCCCO)[C@@H](CCCCO)C=C(C(=NOC(C)(C)C)C[C@@H]1N(Cc1ccc4c(c1)OCO4)C(=O)OCCOCc1ccccc1)[C@H]32. The van der Waals surface area contributed by atoms with Crippen LogP contribution in [0.3, 0.4) is 0 Å². The lowest BCUT2D eigenvalue weighted by molar-refractivity contribution is -0.256. The number of benzene rings is 5. The molecule has 13 nitrogen and oxygen atoms in total. The molecule has 2 aliphatic heterocycles. The first kappa shape index (κ1) is 52.2. The largest absolute Gasteiger partial charge is 0.459 e. The highest BCUT2D eigenvalue weighted by molar-refractivity contribution is 6.03. The van der Waals surface area contributed by atoms with E-state index in [0.29, 0.717) is 53.9 Å². The highest BCUT2D eigenvalue weighted by Crippen LogP contribution is 2.62. The van der Waals surface area contributed by atoms with E-state index in [0.717, 1.165) is 59.1 Å². The Balaban J connectivity index is 1.17. The van der Waals surface area contributed by atoms with Crippen LogP contribution in [-0.2, 0) is 32.2 Å². The molecule has 2 aliphatic carbocycles. The maximum Gasteiger partial charge on any atom is 0.410 e. The van der Waals surface area contributed by atoms with Gasteiger partial charge in [-0.2, -0.15) is 0 Å². The molecule has 6 atom stereocenters. The summed E-state index contributed by atoms with van der Waals surface area (Å²) in [4.78, 5) is 23.3. The number of allylic oxidation sites excluding steroid dienone is 1. The number of oxime groups is 1. The summed E-state index contributed by atoms with van der Waals surface area (Å²) in [6.45, 7) is 11.0. The summed E-state index contributed by atoms with van der Waals surface area (Å²) >= 11 is 0. The van der Waals surface area contributed by atoms with Crippen LogP contribution in [0.2, 0.25) is 0 Å².